The van der Waals surface area contributed by atoms with Gasteiger partial charge in [0.15, 0.2) is 6.61 Å². The van der Waals surface area contributed by atoms with E-state index in [2.05, 4.69) is 5.32 Å². The topological polar surface area (TPSA) is 102 Å². The van der Waals surface area contributed by atoms with Gasteiger partial charge < -0.3 is 14.8 Å². The Morgan fingerprint density at radius 1 is 1.07 bits per heavy atom. The van der Waals surface area contributed by atoms with E-state index in [0.717, 1.165) is 10.5 Å². The van der Waals surface area contributed by atoms with Crippen LogP contribution in [0.2, 0.25) is 0 Å². The molecule has 8 nitrogen and oxygen atoms in total. The zero-order valence-electron chi connectivity index (χ0n) is 16.2. The number of nitrogens with zero attached hydrogens (tertiary/aromatic N) is 1. The van der Waals surface area contributed by atoms with Gasteiger partial charge in [0.25, 0.3) is 17.7 Å². The van der Waals surface area contributed by atoms with Gasteiger partial charge in [-0.1, -0.05) is 18.2 Å². The summed E-state index contributed by atoms with van der Waals surface area (Å²) in [6.07, 6.45) is 0. The van der Waals surface area contributed by atoms with Gasteiger partial charge in [0, 0.05) is 0 Å². The third-order valence-electron chi connectivity index (χ3n) is 4.53. The minimum absolute atomic E-state index is 0.237. The summed E-state index contributed by atoms with van der Waals surface area (Å²) in [5.74, 6) is -2.09. The standard InChI is InChI=1S/C21H20N2O6/c1-12-8-9-17(28-3)16(10-12)22-18(24)11-29-21(27)13(2)23-19(25)14-6-4-5-7-15(14)20(23)26/h4-10,13H,11H2,1-3H3,(H,22,24). The van der Waals surface area contributed by atoms with Gasteiger partial charge in [-0.3, -0.25) is 19.3 Å². The summed E-state index contributed by atoms with van der Waals surface area (Å²) < 4.78 is 10.2. The Bertz CT molecular complexity index is 965. The lowest BCUT2D eigenvalue weighted by molar-refractivity contribution is -0.150. The molecule has 0 aliphatic carbocycles. The molecule has 0 saturated carbocycles. The third kappa shape index (κ3) is 3.96. The fraction of sp³-hybridized carbons (Fsp3) is 0.238. The number of nitrogens with one attached hydrogen (secondary N) is 1. The molecular weight excluding hydrogens is 376 g/mol. The zero-order valence-corrected chi connectivity index (χ0v) is 16.2. The second kappa shape index (κ2) is 8.14. The lowest BCUT2D eigenvalue weighted by atomic mass is 10.1. The average molecular weight is 396 g/mol. The predicted molar refractivity (Wildman–Crippen MR) is 104 cm³/mol. The highest BCUT2D eigenvalue weighted by molar-refractivity contribution is 6.22. The van der Waals surface area contributed by atoms with Gasteiger partial charge >= 0.3 is 5.97 Å². The fourth-order valence-electron chi connectivity index (χ4n) is 3.03. The number of hydrogen-bond donors (Lipinski definition) is 1. The number of imide groups is 1. The Balaban J connectivity index is 1.61. The minimum Gasteiger partial charge on any atom is -0.495 e. The zero-order chi connectivity index (χ0) is 21.1. The number of rotatable bonds is 6. The lowest BCUT2D eigenvalue weighted by Crippen LogP contribution is -2.44. The molecule has 1 heterocycles. The molecule has 2 aromatic rings. The first-order valence-corrected chi connectivity index (χ1v) is 8.91. The molecular formula is C21H20N2O6. The molecule has 1 N–H and O–H groups in total. The molecule has 1 aliphatic rings. The van der Waals surface area contributed by atoms with E-state index in [-0.39, 0.29) is 11.1 Å². The molecule has 0 aromatic heterocycles. The third-order valence-corrected chi connectivity index (χ3v) is 4.53. The maximum atomic E-state index is 12.4. The van der Waals surface area contributed by atoms with Crippen molar-refractivity contribution in [3.63, 3.8) is 0 Å². The highest BCUT2D eigenvalue weighted by atomic mass is 16.5. The van der Waals surface area contributed by atoms with Gasteiger partial charge in [0.1, 0.15) is 11.8 Å². The van der Waals surface area contributed by atoms with E-state index in [4.69, 9.17) is 9.47 Å². The second-order valence-corrected chi connectivity index (χ2v) is 6.56. The van der Waals surface area contributed by atoms with Crippen LogP contribution >= 0.6 is 0 Å². The molecule has 3 amide bonds. The molecule has 2 aromatic carbocycles. The molecule has 0 saturated heterocycles. The summed E-state index contributed by atoms with van der Waals surface area (Å²) >= 11 is 0. The van der Waals surface area contributed by atoms with Crippen LogP contribution in [0.25, 0.3) is 0 Å². The summed E-state index contributed by atoms with van der Waals surface area (Å²) in [6, 6.07) is 10.4. The summed E-state index contributed by atoms with van der Waals surface area (Å²) in [6.45, 7) is 2.67. The molecule has 150 valence electrons. The number of methoxy groups -OCH3 is 1. The first kappa shape index (κ1) is 20.1. The lowest BCUT2D eigenvalue weighted by Gasteiger charge is -2.20. The van der Waals surface area contributed by atoms with Crippen molar-refractivity contribution in [2.45, 2.75) is 19.9 Å². The minimum atomic E-state index is -1.16. The fourth-order valence-corrected chi connectivity index (χ4v) is 3.03. The smallest absolute Gasteiger partial charge is 0.329 e. The maximum absolute atomic E-state index is 12.4. The van der Waals surface area contributed by atoms with Crippen LogP contribution in [-0.2, 0) is 14.3 Å². The normalized spacial score (nSPS) is 13.7. The van der Waals surface area contributed by atoms with Crippen LogP contribution in [0, 0.1) is 6.92 Å². The SMILES string of the molecule is COc1ccc(C)cc1NC(=O)COC(=O)C(C)N1C(=O)c2ccccc2C1=O. The Kier molecular flexibility index (Phi) is 5.63. The highest BCUT2D eigenvalue weighted by Crippen LogP contribution is 2.26. The number of hydrogen-bond acceptors (Lipinski definition) is 6. The number of esters is 1. The van der Waals surface area contributed by atoms with Gasteiger partial charge in [-0.05, 0) is 43.7 Å². The van der Waals surface area contributed by atoms with Crippen LogP contribution in [-0.4, -0.2) is 48.3 Å². The van der Waals surface area contributed by atoms with Gasteiger partial charge in [-0.25, -0.2) is 4.79 Å². The van der Waals surface area contributed by atoms with Crippen LogP contribution in [0.4, 0.5) is 5.69 Å². The molecule has 29 heavy (non-hydrogen) atoms. The monoisotopic (exact) mass is 396 g/mol. The van der Waals surface area contributed by atoms with E-state index in [1.54, 1.807) is 24.3 Å². The van der Waals surface area contributed by atoms with E-state index in [1.807, 2.05) is 13.0 Å². The van der Waals surface area contributed by atoms with Crippen molar-refractivity contribution in [3.05, 3.63) is 59.2 Å². The quantitative estimate of drug-likeness (QED) is 0.593. The van der Waals surface area contributed by atoms with Gasteiger partial charge in [-0.15, -0.1) is 0 Å². The van der Waals surface area contributed by atoms with Crippen molar-refractivity contribution < 1.29 is 28.7 Å². The van der Waals surface area contributed by atoms with E-state index in [1.165, 1.54) is 26.2 Å². The Morgan fingerprint density at radius 3 is 2.28 bits per heavy atom. The maximum Gasteiger partial charge on any atom is 0.329 e. The number of benzene rings is 2. The Morgan fingerprint density at radius 2 is 1.69 bits per heavy atom. The number of aryl methyl sites for hydroxylation is 1. The van der Waals surface area contributed by atoms with E-state index in [0.29, 0.717) is 11.4 Å². The summed E-state index contributed by atoms with van der Waals surface area (Å²) in [5, 5.41) is 2.61. The molecule has 0 fully saturated rings. The van der Waals surface area contributed by atoms with E-state index in [9.17, 15) is 19.2 Å². The number of anilines is 1. The molecule has 0 radical (unpaired) electrons. The van der Waals surface area contributed by atoms with Crippen LogP contribution < -0.4 is 10.1 Å². The molecule has 8 heteroatoms. The number of fused-ring (bicyclic) bond motifs is 1. The van der Waals surface area contributed by atoms with Gasteiger partial charge in [-0.2, -0.15) is 0 Å². The summed E-state index contributed by atoms with van der Waals surface area (Å²) in [7, 11) is 1.48. The molecule has 1 unspecified atom stereocenters. The molecule has 1 atom stereocenters. The first-order valence-electron chi connectivity index (χ1n) is 8.91. The van der Waals surface area contributed by atoms with Crippen molar-refractivity contribution in [2.24, 2.45) is 0 Å². The largest absolute Gasteiger partial charge is 0.495 e. The van der Waals surface area contributed by atoms with Crippen molar-refractivity contribution in [1.82, 2.24) is 4.90 Å². The average Bonchev–Trinajstić information content (AvgIpc) is 2.96. The van der Waals surface area contributed by atoms with Crippen molar-refractivity contribution in [3.8, 4) is 5.75 Å². The van der Waals surface area contributed by atoms with Gasteiger partial charge in [0.05, 0.1) is 23.9 Å². The molecule has 0 bridgehead atoms. The number of carbonyl (C=O) groups excluding carboxylic acids is 4. The number of ether oxygens (including phenoxy) is 2. The summed E-state index contributed by atoms with van der Waals surface area (Å²) in [5.41, 5.74) is 1.84. The number of amides is 3. The second-order valence-electron chi connectivity index (χ2n) is 6.56. The van der Waals surface area contributed by atoms with Crippen LogP contribution in [0.5, 0.6) is 5.75 Å². The van der Waals surface area contributed by atoms with Crippen LogP contribution in [0.15, 0.2) is 42.5 Å². The summed E-state index contributed by atoms with van der Waals surface area (Å²) in [4.78, 5) is 50.2. The van der Waals surface area contributed by atoms with Crippen molar-refractivity contribution in [1.29, 1.82) is 0 Å². The molecule has 1 aliphatic heterocycles. The van der Waals surface area contributed by atoms with Gasteiger partial charge in [0.2, 0.25) is 0 Å². The Hall–Kier alpha value is -3.68. The number of carbonyl (C=O) groups is 4. The van der Waals surface area contributed by atoms with Crippen LogP contribution in [0.1, 0.15) is 33.2 Å². The highest BCUT2D eigenvalue weighted by Gasteiger charge is 2.41. The molecule has 0 spiro atoms. The van der Waals surface area contributed by atoms with Crippen LogP contribution in [0.3, 0.4) is 0 Å². The van der Waals surface area contributed by atoms with E-state index < -0.39 is 36.3 Å². The van der Waals surface area contributed by atoms with E-state index >= 15 is 0 Å². The van der Waals surface area contributed by atoms with Crippen molar-refractivity contribution >= 4 is 29.4 Å². The predicted octanol–water partition coefficient (Wildman–Crippen LogP) is 2.17. The Labute approximate surface area is 167 Å². The first-order chi connectivity index (χ1) is 13.8. The van der Waals surface area contributed by atoms with Crippen molar-refractivity contribution in [2.75, 3.05) is 19.0 Å². The molecule has 3 rings (SSSR count).